The highest BCUT2D eigenvalue weighted by atomic mass is 16.5. The summed E-state index contributed by atoms with van der Waals surface area (Å²) in [6, 6.07) is 7.62. The van der Waals surface area contributed by atoms with Gasteiger partial charge in [0.15, 0.2) is 5.78 Å². The van der Waals surface area contributed by atoms with Crippen molar-refractivity contribution in [2.45, 2.75) is 52.1 Å². The summed E-state index contributed by atoms with van der Waals surface area (Å²) in [5.74, 6) is -0.757. The highest BCUT2D eigenvalue weighted by molar-refractivity contribution is 6.09. The lowest BCUT2D eigenvalue weighted by Crippen LogP contribution is -2.37. The van der Waals surface area contributed by atoms with Gasteiger partial charge in [-0.05, 0) is 39.7 Å². The summed E-state index contributed by atoms with van der Waals surface area (Å²) in [7, 11) is 0. The van der Waals surface area contributed by atoms with Crippen LogP contribution in [0.1, 0.15) is 51.5 Å². The molecule has 0 saturated heterocycles. The van der Waals surface area contributed by atoms with Gasteiger partial charge in [-0.2, -0.15) is 0 Å². The number of rotatable bonds is 6. The molecule has 5 heteroatoms. The second-order valence-corrected chi connectivity index (χ2v) is 7.47. The van der Waals surface area contributed by atoms with Crippen LogP contribution in [-0.4, -0.2) is 30.2 Å². The van der Waals surface area contributed by atoms with Gasteiger partial charge in [-0.1, -0.05) is 30.9 Å². The number of hydrogen-bond acceptors (Lipinski definition) is 5. The van der Waals surface area contributed by atoms with Crippen molar-refractivity contribution < 1.29 is 19.1 Å². The van der Waals surface area contributed by atoms with Crippen LogP contribution in [0.15, 0.2) is 53.2 Å². The Bertz CT molecular complexity index is 850. The van der Waals surface area contributed by atoms with Gasteiger partial charge in [0.05, 0.1) is 6.10 Å². The van der Waals surface area contributed by atoms with Crippen LogP contribution in [-0.2, 0) is 14.3 Å². The first-order valence-electron chi connectivity index (χ1n) is 9.78. The van der Waals surface area contributed by atoms with Gasteiger partial charge in [-0.25, -0.2) is 0 Å². The summed E-state index contributed by atoms with van der Waals surface area (Å²) in [5, 5.41) is 0. The van der Waals surface area contributed by atoms with Crippen LogP contribution >= 0.6 is 0 Å². The van der Waals surface area contributed by atoms with Gasteiger partial charge in [0, 0.05) is 34.9 Å². The minimum absolute atomic E-state index is 0.0267. The average molecular weight is 381 g/mol. The lowest BCUT2D eigenvalue weighted by Gasteiger charge is -2.35. The molecule has 0 aromatic heterocycles. The van der Waals surface area contributed by atoms with Crippen molar-refractivity contribution >= 4 is 17.5 Å². The molecule has 1 aliphatic carbocycles. The van der Waals surface area contributed by atoms with Crippen molar-refractivity contribution in [1.82, 2.24) is 0 Å². The molecule has 1 heterocycles. The van der Waals surface area contributed by atoms with E-state index >= 15 is 0 Å². The minimum Gasteiger partial charge on any atom is -0.491 e. The van der Waals surface area contributed by atoms with E-state index in [9.17, 15) is 9.59 Å². The van der Waals surface area contributed by atoms with Crippen LogP contribution in [0.3, 0.4) is 0 Å². The van der Waals surface area contributed by atoms with Gasteiger partial charge in [0.1, 0.15) is 18.3 Å². The van der Waals surface area contributed by atoms with E-state index in [1.807, 2.05) is 45.0 Å². The minimum atomic E-state index is -0.655. The predicted molar refractivity (Wildman–Crippen MR) is 109 cm³/mol. The van der Waals surface area contributed by atoms with Crippen molar-refractivity contribution in [3.8, 4) is 5.75 Å². The molecule has 2 atom stereocenters. The van der Waals surface area contributed by atoms with Crippen LogP contribution in [0.4, 0.5) is 0 Å². The molecule has 1 aromatic carbocycles. The summed E-state index contributed by atoms with van der Waals surface area (Å²) in [6.45, 7) is 9.48. The highest BCUT2D eigenvalue weighted by Gasteiger charge is 2.44. The molecule has 28 heavy (non-hydrogen) atoms. The van der Waals surface area contributed by atoms with Crippen LogP contribution in [0.25, 0.3) is 0 Å². The monoisotopic (exact) mass is 381 g/mol. The molecule has 1 unspecified atom stereocenters. The van der Waals surface area contributed by atoms with Gasteiger partial charge in [0.25, 0.3) is 0 Å². The molecule has 0 saturated carbocycles. The van der Waals surface area contributed by atoms with Gasteiger partial charge in [-0.3, -0.25) is 14.6 Å². The third-order valence-electron chi connectivity index (χ3n) is 5.05. The fraction of sp³-hybridized carbons (Fsp3) is 0.435. The van der Waals surface area contributed by atoms with E-state index in [1.165, 1.54) is 6.08 Å². The third kappa shape index (κ3) is 3.93. The van der Waals surface area contributed by atoms with Crippen LogP contribution in [0.2, 0.25) is 0 Å². The molecular weight excluding hydrogens is 354 g/mol. The molecule has 5 nitrogen and oxygen atoms in total. The standard InChI is InChI=1S/C23H27NO4/c1-5-13-27-23(26)20-15(4)24-17-10-8-11-18(25)22(17)21(20)16-9-6-7-12-19(16)28-14(2)3/h5-7,9,12,14,20-21H,1,8,10-11,13H2,2-4H3/t20?,21-/m0/s1. The Morgan fingerprint density at radius 1 is 1.32 bits per heavy atom. The first kappa shape index (κ1) is 20.1. The van der Waals surface area contributed by atoms with Gasteiger partial charge in [-0.15, -0.1) is 0 Å². The SMILES string of the molecule is C=CCOC(=O)C1C(C)=NC2=C(C(=O)CCC2)[C@H]1c1ccccc1OC(C)C. The quantitative estimate of drug-likeness (QED) is 0.542. The maximum absolute atomic E-state index is 12.9. The third-order valence-corrected chi connectivity index (χ3v) is 5.05. The zero-order chi connectivity index (χ0) is 20.3. The number of carbonyl (C=O) groups is 2. The number of allylic oxidation sites excluding steroid dienone is 2. The molecule has 0 fully saturated rings. The van der Waals surface area contributed by atoms with Crippen LogP contribution in [0.5, 0.6) is 5.75 Å². The van der Waals surface area contributed by atoms with Crippen molar-refractivity contribution in [2.24, 2.45) is 10.9 Å². The summed E-state index contributed by atoms with van der Waals surface area (Å²) < 4.78 is 11.4. The van der Waals surface area contributed by atoms with E-state index in [2.05, 4.69) is 11.6 Å². The Morgan fingerprint density at radius 3 is 2.79 bits per heavy atom. The van der Waals surface area contributed by atoms with E-state index in [0.29, 0.717) is 23.5 Å². The van der Waals surface area contributed by atoms with E-state index < -0.39 is 17.8 Å². The number of aliphatic imine (C=N–C) groups is 1. The Morgan fingerprint density at radius 2 is 2.07 bits per heavy atom. The molecule has 0 bridgehead atoms. The predicted octanol–water partition coefficient (Wildman–Crippen LogP) is 4.38. The summed E-state index contributed by atoms with van der Waals surface area (Å²) in [4.78, 5) is 30.5. The van der Waals surface area contributed by atoms with Crippen molar-refractivity contribution in [3.05, 3.63) is 53.8 Å². The number of Topliss-reactive ketones (excluding diaryl/α,β-unsaturated/α-hetero) is 1. The van der Waals surface area contributed by atoms with Gasteiger partial charge in [0.2, 0.25) is 0 Å². The van der Waals surface area contributed by atoms with E-state index in [4.69, 9.17) is 9.47 Å². The summed E-state index contributed by atoms with van der Waals surface area (Å²) in [6.07, 6.45) is 3.52. The van der Waals surface area contributed by atoms with E-state index in [1.54, 1.807) is 0 Å². The smallest absolute Gasteiger partial charge is 0.315 e. The van der Waals surface area contributed by atoms with Crippen LogP contribution < -0.4 is 4.74 Å². The molecule has 0 spiro atoms. The number of nitrogens with zero attached hydrogens (tertiary/aromatic N) is 1. The number of ether oxygens (including phenoxy) is 2. The number of carbonyl (C=O) groups excluding carboxylic acids is 2. The normalized spacial score (nSPS) is 21.9. The summed E-state index contributed by atoms with van der Waals surface area (Å²) in [5.41, 5.74) is 2.93. The van der Waals surface area contributed by atoms with Crippen molar-refractivity contribution in [2.75, 3.05) is 6.61 Å². The van der Waals surface area contributed by atoms with Crippen molar-refractivity contribution in [3.63, 3.8) is 0 Å². The Kier molecular flexibility index (Phi) is 6.12. The highest BCUT2D eigenvalue weighted by Crippen LogP contribution is 2.46. The Hall–Kier alpha value is -2.69. The molecule has 0 N–H and O–H groups in total. The molecule has 0 amide bonds. The topological polar surface area (TPSA) is 65.0 Å². The second kappa shape index (κ2) is 8.55. The molecule has 0 radical (unpaired) electrons. The zero-order valence-corrected chi connectivity index (χ0v) is 16.7. The number of benzene rings is 1. The molecule has 2 aliphatic rings. The lowest BCUT2D eigenvalue weighted by molar-refractivity contribution is -0.145. The first-order chi connectivity index (χ1) is 13.4. The van der Waals surface area contributed by atoms with E-state index in [0.717, 1.165) is 24.1 Å². The fourth-order valence-electron chi connectivity index (χ4n) is 3.98. The maximum Gasteiger partial charge on any atom is 0.315 e. The van der Waals surface area contributed by atoms with Crippen LogP contribution in [0, 0.1) is 5.92 Å². The molecule has 3 rings (SSSR count). The van der Waals surface area contributed by atoms with Crippen molar-refractivity contribution in [1.29, 1.82) is 0 Å². The molecule has 148 valence electrons. The largest absolute Gasteiger partial charge is 0.491 e. The second-order valence-electron chi connectivity index (χ2n) is 7.47. The molecule has 1 aromatic rings. The van der Waals surface area contributed by atoms with Gasteiger partial charge >= 0.3 is 5.97 Å². The Labute approximate surface area is 166 Å². The Balaban J connectivity index is 2.15. The van der Waals surface area contributed by atoms with Gasteiger partial charge < -0.3 is 9.47 Å². The number of esters is 1. The number of para-hydroxylation sites is 1. The van der Waals surface area contributed by atoms with E-state index in [-0.39, 0.29) is 18.5 Å². The molecule has 1 aliphatic heterocycles. The fourth-order valence-corrected chi connectivity index (χ4v) is 3.98. The number of hydrogen-bond donors (Lipinski definition) is 0. The zero-order valence-electron chi connectivity index (χ0n) is 16.7. The molecular formula is C23H27NO4. The number of ketones is 1. The average Bonchev–Trinajstić information content (AvgIpc) is 2.65. The maximum atomic E-state index is 12.9. The first-order valence-corrected chi connectivity index (χ1v) is 9.78. The lowest BCUT2D eigenvalue weighted by atomic mass is 9.71. The summed E-state index contributed by atoms with van der Waals surface area (Å²) >= 11 is 0.